The van der Waals surface area contributed by atoms with E-state index in [0.717, 1.165) is 6.54 Å². The van der Waals surface area contributed by atoms with Gasteiger partial charge in [-0.2, -0.15) is 0 Å². The Balaban J connectivity index is 2.20. The van der Waals surface area contributed by atoms with Crippen LogP contribution in [0.3, 0.4) is 0 Å². The molecule has 0 heterocycles. The number of hydrogen-bond donors (Lipinski definition) is 1. The maximum absolute atomic E-state index is 3.69. The lowest BCUT2D eigenvalue weighted by Gasteiger charge is -2.32. The average molecular weight is 282 g/mol. The van der Waals surface area contributed by atoms with Crippen LogP contribution in [0.4, 0.5) is 0 Å². The molecular weight excluding hydrogens is 262 g/mol. The fourth-order valence-electron chi connectivity index (χ4n) is 2.68. The number of hydrogen-bond acceptors (Lipinski definition) is 1. The highest BCUT2D eigenvalue weighted by Crippen LogP contribution is 2.36. The lowest BCUT2D eigenvalue weighted by atomic mass is 9.80. The van der Waals surface area contributed by atoms with E-state index in [2.05, 4.69) is 53.3 Å². The molecule has 2 atom stereocenters. The van der Waals surface area contributed by atoms with Crippen LogP contribution in [0.5, 0.6) is 0 Å². The largest absolute Gasteiger partial charge is 0.313 e. The summed E-state index contributed by atoms with van der Waals surface area (Å²) in [7, 11) is 0. The molecule has 0 aliphatic heterocycles. The highest BCUT2D eigenvalue weighted by molar-refractivity contribution is 9.10. The first-order valence-electron chi connectivity index (χ1n) is 6.24. The molecule has 0 aromatic heterocycles. The molecule has 88 valence electrons. The number of fused-ring (bicyclic) bond motifs is 1. The summed E-state index contributed by atoms with van der Waals surface area (Å²) in [6, 6.07) is 7.23. The van der Waals surface area contributed by atoms with Crippen molar-refractivity contribution in [2.24, 2.45) is 0 Å². The summed E-state index contributed by atoms with van der Waals surface area (Å²) >= 11 is 3.69. The predicted octanol–water partition coefficient (Wildman–Crippen LogP) is 3.87. The molecule has 2 heteroatoms. The zero-order valence-corrected chi connectivity index (χ0v) is 11.7. The predicted molar refractivity (Wildman–Crippen MR) is 73.0 cm³/mol. The Hall–Kier alpha value is -0.340. The highest BCUT2D eigenvalue weighted by atomic mass is 79.9. The fraction of sp³-hybridized carbons (Fsp3) is 0.571. The van der Waals surface area contributed by atoms with Crippen molar-refractivity contribution in [3.05, 3.63) is 33.8 Å². The third-order valence-corrected chi connectivity index (χ3v) is 4.27. The van der Waals surface area contributed by atoms with Crippen molar-refractivity contribution >= 4 is 15.9 Å². The van der Waals surface area contributed by atoms with Gasteiger partial charge in [-0.3, -0.25) is 0 Å². The summed E-state index contributed by atoms with van der Waals surface area (Å²) < 4.78 is 1.28. The summed E-state index contributed by atoms with van der Waals surface area (Å²) in [6.07, 6.45) is 3.69. The third-order valence-electron chi connectivity index (χ3n) is 3.58. The van der Waals surface area contributed by atoms with Gasteiger partial charge in [0.25, 0.3) is 0 Å². The molecular formula is C14H20BrN. The van der Waals surface area contributed by atoms with E-state index in [1.54, 1.807) is 0 Å². The molecule has 2 rings (SSSR count). The van der Waals surface area contributed by atoms with Crippen molar-refractivity contribution in [3.63, 3.8) is 0 Å². The van der Waals surface area contributed by atoms with E-state index in [1.807, 2.05) is 0 Å². The summed E-state index contributed by atoms with van der Waals surface area (Å²) in [5.74, 6) is 0.617. The topological polar surface area (TPSA) is 12.0 Å². The Morgan fingerprint density at radius 2 is 2.25 bits per heavy atom. The molecule has 16 heavy (non-hydrogen) atoms. The van der Waals surface area contributed by atoms with Crippen LogP contribution >= 0.6 is 15.9 Å². The molecule has 1 aliphatic rings. The number of aryl methyl sites for hydroxylation is 1. The molecule has 0 amide bonds. The first-order chi connectivity index (χ1) is 7.74. The second-order valence-electron chi connectivity index (χ2n) is 4.70. The minimum Gasteiger partial charge on any atom is -0.313 e. The standard InChI is InChI=1S/C14H20BrN/c1-3-9-16-13-8-7-11-5-4-6-12(15)14(11)10(13)2/h4-6,10,13,16H,3,7-9H2,1-2H3/t10-,13-/m0/s1. The lowest BCUT2D eigenvalue weighted by Crippen LogP contribution is -2.37. The first kappa shape index (κ1) is 12.1. The van der Waals surface area contributed by atoms with Gasteiger partial charge < -0.3 is 5.32 Å². The Morgan fingerprint density at radius 1 is 1.44 bits per heavy atom. The minimum absolute atomic E-state index is 0.617. The second kappa shape index (κ2) is 5.33. The molecule has 0 fully saturated rings. The molecule has 1 aromatic carbocycles. The van der Waals surface area contributed by atoms with E-state index in [4.69, 9.17) is 0 Å². The van der Waals surface area contributed by atoms with Crippen LogP contribution in [-0.2, 0) is 6.42 Å². The summed E-state index contributed by atoms with van der Waals surface area (Å²) in [4.78, 5) is 0. The van der Waals surface area contributed by atoms with Crippen LogP contribution < -0.4 is 5.32 Å². The van der Waals surface area contributed by atoms with Gasteiger partial charge in [0.05, 0.1) is 0 Å². The SMILES string of the molecule is CCCN[C@H]1CCc2cccc(Br)c2[C@H]1C. The Labute approximate surface area is 107 Å². The Bertz CT molecular complexity index is 362. The molecule has 0 radical (unpaired) electrons. The number of nitrogens with one attached hydrogen (secondary N) is 1. The van der Waals surface area contributed by atoms with Gasteiger partial charge in [0.2, 0.25) is 0 Å². The van der Waals surface area contributed by atoms with Crippen LogP contribution in [0.25, 0.3) is 0 Å². The maximum Gasteiger partial charge on any atom is 0.0213 e. The molecule has 1 aromatic rings. The fourth-order valence-corrected chi connectivity index (χ4v) is 3.45. The van der Waals surface area contributed by atoms with Crippen LogP contribution in [0.1, 0.15) is 43.7 Å². The lowest BCUT2D eigenvalue weighted by molar-refractivity contribution is 0.403. The van der Waals surface area contributed by atoms with Gasteiger partial charge in [-0.1, -0.05) is 41.9 Å². The summed E-state index contributed by atoms with van der Waals surface area (Å²) in [6.45, 7) is 5.70. The molecule has 0 unspecified atom stereocenters. The maximum atomic E-state index is 3.69. The molecule has 0 saturated heterocycles. The summed E-state index contributed by atoms with van der Waals surface area (Å²) in [5.41, 5.74) is 3.04. The molecule has 0 spiro atoms. The van der Waals surface area contributed by atoms with Crippen LogP contribution in [0.2, 0.25) is 0 Å². The zero-order chi connectivity index (χ0) is 11.5. The van der Waals surface area contributed by atoms with Gasteiger partial charge in [0, 0.05) is 10.5 Å². The van der Waals surface area contributed by atoms with Crippen LogP contribution in [0.15, 0.2) is 22.7 Å². The van der Waals surface area contributed by atoms with Gasteiger partial charge in [-0.25, -0.2) is 0 Å². The number of halogens is 1. The second-order valence-corrected chi connectivity index (χ2v) is 5.55. The van der Waals surface area contributed by atoms with E-state index < -0.39 is 0 Å². The van der Waals surface area contributed by atoms with E-state index in [1.165, 1.54) is 34.9 Å². The first-order valence-corrected chi connectivity index (χ1v) is 7.04. The average Bonchev–Trinajstić information content (AvgIpc) is 2.28. The van der Waals surface area contributed by atoms with Gasteiger partial charge in [0.15, 0.2) is 0 Å². The highest BCUT2D eigenvalue weighted by Gasteiger charge is 2.26. The van der Waals surface area contributed by atoms with Gasteiger partial charge in [0.1, 0.15) is 0 Å². The molecule has 0 saturated carbocycles. The Morgan fingerprint density at radius 3 is 3.00 bits per heavy atom. The van der Waals surface area contributed by atoms with Gasteiger partial charge in [-0.05, 0) is 48.9 Å². The number of benzene rings is 1. The van der Waals surface area contributed by atoms with Gasteiger partial charge >= 0.3 is 0 Å². The van der Waals surface area contributed by atoms with Crippen molar-refractivity contribution in [1.29, 1.82) is 0 Å². The van der Waals surface area contributed by atoms with Crippen molar-refractivity contribution in [1.82, 2.24) is 5.32 Å². The van der Waals surface area contributed by atoms with Crippen LogP contribution in [0, 0.1) is 0 Å². The normalized spacial score (nSPS) is 24.2. The smallest absolute Gasteiger partial charge is 0.0213 e. The third kappa shape index (κ3) is 2.33. The Kier molecular flexibility index (Phi) is 4.04. The van der Waals surface area contributed by atoms with Crippen molar-refractivity contribution < 1.29 is 0 Å². The molecule has 1 nitrogen and oxygen atoms in total. The van der Waals surface area contributed by atoms with Crippen LogP contribution in [-0.4, -0.2) is 12.6 Å². The summed E-state index contributed by atoms with van der Waals surface area (Å²) in [5, 5.41) is 3.67. The quantitative estimate of drug-likeness (QED) is 0.887. The zero-order valence-electron chi connectivity index (χ0n) is 10.1. The van der Waals surface area contributed by atoms with Gasteiger partial charge in [-0.15, -0.1) is 0 Å². The molecule has 1 N–H and O–H groups in total. The minimum atomic E-state index is 0.617. The van der Waals surface area contributed by atoms with Crippen molar-refractivity contribution in [3.8, 4) is 0 Å². The molecule has 1 aliphatic carbocycles. The number of rotatable bonds is 3. The van der Waals surface area contributed by atoms with Crippen molar-refractivity contribution in [2.75, 3.05) is 6.54 Å². The monoisotopic (exact) mass is 281 g/mol. The van der Waals surface area contributed by atoms with E-state index in [-0.39, 0.29) is 0 Å². The van der Waals surface area contributed by atoms with E-state index in [0.29, 0.717) is 12.0 Å². The van der Waals surface area contributed by atoms with Crippen molar-refractivity contribution in [2.45, 2.75) is 45.1 Å². The van der Waals surface area contributed by atoms with E-state index >= 15 is 0 Å². The van der Waals surface area contributed by atoms with E-state index in [9.17, 15) is 0 Å². The molecule has 0 bridgehead atoms.